The normalized spacial score (nSPS) is 11.0. The highest BCUT2D eigenvalue weighted by Crippen LogP contribution is 2.10. The van der Waals surface area contributed by atoms with Gasteiger partial charge in [-0.05, 0) is 24.1 Å². The van der Waals surface area contributed by atoms with Crippen LogP contribution >= 0.6 is 0 Å². The summed E-state index contributed by atoms with van der Waals surface area (Å²) < 4.78 is 0. The van der Waals surface area contributed by atoms with E-state index < -0.39 is 5.91 Å². The Kier molecular flexibility index (Phi) is 3.83. The van der Waals surface area contributed by atoms with Crippen molar-refractivity contribution in [2.24, 2.45) is 5.73 Å². The van der Waals surface area contributed by atoms with Crippen LogP contribution in [0.25, 0.3) is 6.08 Å². The topological polar surface area (TPSA) is 72.2 Å². The van der Waals surface area contributed by atoms with E-state index in [1.807, 2.05) is 31.2 Å². The van der Waals surface area contributed by atoms with Crippen molar-refractivity contribution in [3.05, 3.63) is 41.1 Å². The number of amides is 2. The Morgan fingerprint density at radius 2 is 1.94 bits per heavy atom. The highest BCUT2D eigenvalue weighted by atomic mass is 16.2. The van der Waals surface area contributed by atoms with Gasteiger partial charge in [0.25, 0.3) is 5.91 Å². The minimum absolute atomic E-state index is 0.0989. The zero-order valence-electron chi connectivity index (χ0n) is 9.28. The third-order valence-corrected chi connectivity index (χ3v) is 2.06. The molecule has 1 rings (SSSR count). The quantitative estimate of drug-likeness (QED) is 0.741. The number of carbonyl (C=O) groups is 2. The minimum Gasteiger partial charge on any atom is -0.364 e. The van der Waals surface area contributed by atoms with Crippen LogP contribution in [0.4, 0.5) is 0 Å². The number of carbonyl (C=O) groups excluding carboxylic acids is 2. The SMILES string of the molecule is CC(=O)N/C(=C\c1ccccc1C)C(N)=O. The lowest BCUT2D eigenvalue weighted by Gasteiger charge is -2.05. The van der Waals surface area contributed by atoms with Gasteiger partial charge in [0.05, 0.1) is 0 Å². The number of nitrogens with one attached hydrogen (secondary N) is 1. The fraction of sp³-hybridized carbons (Fsp3) is 0.167. The van der Waals surface area contributed by atoms with E-state index in [4.69, 9.17) is 5.73 Å². The van der Waals surface area contributed by atoms with Crippen molar-refractivity contribution in [3.63, 3.8) is 0 Å². The predicted octanol–water partition coefficient (Wildman–Crippen LogP) is 0.957. The van der Waals surface area contributed by atoms with Crippen molar-refractivity contribution in [2.75, 3.05) is 0 Å². The predicted molar refractivity (Wildman–Crippen MR) is 62.2 cm³/mol. The van der Waals surface area contributed by atoms with Crippen LogP contribution in [0.3, 0.4) is 0 Å². The molecule has 0 spiro atoms. The number of aryl methyl sites for hydroxylation is 1. The van der Waals surface area contributed by atoms with Crippen LogP contribution in [0.2, 0.25) is 0 Å². The Balaban J connectivity index is 3.07. The lowest BCUT2D eigenvalue weighted by atomic mass is 10.1. The summed E-state index contributed by atoms with van der Waals surface area (Å²) in [7, 11) is 0. The molecule has 0 aliphatic rings. The number of primary amides is 1. The Morgan fingerprint density at radius 3 is 2.44 bits per heavy atom. The zero-order valence-corrected chi connectivity index (χ0v) is 9.28. The molecule has 4 nitrogen and oxygen atoms in total. The molecule has 0 unspecified atom stereocenters. The molecule has 2 amide bonds. The molecule has 0 heterocycles. The first-order chi connectivity index (χ1) is 7.50. The average molecular weight is 218 g/mol. The molecule has 0 aliphatic heterocycles. The summed E-state index contributed by atoms with van der Waals surface area (Å²) in [6, 6.07) is 7.51. The molecule has 1 aromatic carbocycles. The summed E-state index contributed by atoms with van der Waals surface area (Å²) in [5.74, 6) is -0.975. The van der Waals surface area contributed by atoms with Crippen LogP contribution in [0, 0.1) is 6.92 Å². The largest absolute Gasteiger partial charge is 0.364 e. The molecule has 84 valence electrons. The standard InChI is InChI=1S/C12H14N2O2/c1-8-5-3-4-6-10(8)7-11(12(13)16)14-9(2)15/h3-7H,1-2H3,(H2,13,16)(H,14,15)/b11-7-. The van der Waals surface area contributed by atoms with Crippen molar-refractivity contribution in [1.29, 1.82) is 0 Å². The van der Waals surface area contributed by atoms with E-state index in [0.717, 1.165) is 11.1 Å². The molecule has 0 saturated carbocycles. The molecule has 0 saturated heterocycles. The number of benzene rings is 1. The zero-order chi connectivity index (χ0) is 12.1. The van der Waals surface area contributed by atoms with Crippen molar-refractivity contribution < 1.29 is 9.59 Å². The van der Waals surface area contributed by atoms with Crippen molar-refractivity contribution >= 4 is 17.9 Å². The maximum absolute atomic E-state index is 11.1. The van der Waals surface area contributed by atoms with Gasteiger partial charge in [-0.2, -0.15) is 0 Å². The lowest BCUT2D eigenvalue weighted by molar-refractivity contribution is -0.121. The molecule has 4 heteroatoms. The molecule has 0 radical (unpaired) electrons. The highest BCUT2D eigenvalue weighted by molar-refractivity contribution is 6.00. The van der Waals surface area contributed by atoms with Gasteiger partial charge >= 0.3 is 0 Å². The maximum atomic E-state index is 11.1. The van der Waals surface area contributed by atoms with Gasteiger partial charge in [0, 0.05) is 6.92 Å². The van der Waals surface area contributed by atoms with E-state index in [1.165, 1.54) is 6.92 Å². The second kappa shape index (κ2) is 5.11. The average Bonchev–Trinajstić information content (AvgIpc) is 2.19. The Morgan fingerprint density at radius 1 is 1.31 bits per heavy atom. The fourth-order valence-electron chi connectivity index (χ4n) is 1.26. The highest BCUT2D eigenvalue weighted by Gasteiger charge is 2.07. The first-order valence-corrected chi connectivity index (χ1v) is 4.85. The van der Waals surface area contributed by atoms with Crippen LogP contribution < -0.4 is 11.1 Å². The van der Waals surface area contributed by atoms with Crippen LogP contribution in [-0.2, 0) is 9.59 Å². The number of hydrogen-bond acceptors (Lipinski definition) is 2. The van der Waals surface area contributed by atoms with Gasteiger partial charge in [0.15, 0.2) is 0 Å². The van der Waals surface area contributed by atoms with Gasteiger partial charge < -0.3 is 11.1 Å². The first kappa shape index (κ1) is 12.0. The minimum atomic E-state index is -0.654. The molecular weight excluding hydrogens is 204 g/mol. The smallest absolute Gasteiger partial charge is 0.265 e. The molecule has 0 atom stereocenters. The Labute approximate surface area is 94.1 Å². The van der Waals surface area contributed by atoms with Crippen LogP contribution in [0.1, 0.15) is 18.1 Å². The van der Waals surface area contributed by atoms with Gasteiger partial charge in [-0.25, -0.2) is 0 Å². The molecule has 0 fully saturated rings. The van der Waals surface area contributed by atoms with Gasteiger partial charge in [0.2, 0.25) is 5.91 Å². The second-order valence-electron chi connectivity index (χ2n) is 3.46. The van der Waals surface area contributed by atoms with E-state index >= 15 is 0 Å². The van der Waals surface area contributed by atoms with Crippen LogP contribution in [0.5, 0.6) is 0 Å². The summed E-state index contributed by atoms with van der Waals surface area (Å²) in [6.07, 6.45) is 1.57. The van der Waals surface area contributed by atoms with Crippen LogP contribution in [-0.4, -0.2) is 11.8 Å². The molecule has 0 aliphatic carbocycles. The molecule has 0 aromatic heterocycles. The molecular formula is C12H14N2O2. The molecule has 3 N–H and O–H groups in total. The van der Waals surface area contributed by atoms with E-state index in [1.54, 1.807) is 6.08 Å². The molecule has 1 aromatic rings. The summed E-state index contributed by atoms with van der Waals surface area (Å²) in [5, 5.41) is 2.40. The van der Waals surface area contributed by atoms with Gasteiger partial charge in [-0.15, -0.1) is 0 Å². The summed E-state index contributed by atoms with van der Waals surface area (Å²) >= 11 is 0. The fourth-order valence-corrected chi connectivity index (χ4v) is 1.26. The number of hydrogen-bond donors (Lipinski definition) is 2. The molecule has 0 bridgehead atoms. The third kappa shape index (κ3) is 3.24. The van der Waals surface area contributed by atoms with Gasteiger partial charge in [-0.3, -0.25) is 9.59 Å². The monoisotopic (exact) mass is 218 g/mol. The van der Waals surface area contributed by atoms with Gasteiger partial charge in [-0.1, -0.05) is 24.3 Å². The van der Waals surface area contributed by atoms with Crippen molar-refractivity contribution in [1.82, 2.24) is 5.32 Å². The van der Waals surface area contributed by atoms with E-state index in [0.29, 0.717) is 0 Å². The number of rotatable bonds is 3. The Hall–Kier alpha value is -2.10. The summed E-state index contributed by atoms with van der Waals surface area (Å²) in [4.78, 5) is 22.0. The number of nitrogens with two attached hydrogens (primary N) is 1. The van der Waals surface area contributed by atoms with E-state index in [-0.39, 0.29) is 11.6 Å². The summed E-state index contributed by atoms with van der Waals surface area (Å²) in [6.45, 7) is 3.24. The first-order valence-electron chi connectivity index (χ1n) is 4.85. The second-order valence-corrected chi connectivity index (χ2v) is 3.46. The Bertz CT molecular complexity index is 450. The lowest BCUT2D eigenvalue weighted by Crippen LogP contribution is -2.29. The van der Waals surface area contributed by atoms with Crippen LogP contribution in [0.15, 0.2) is 30.0 Å². The van der Waals surface area contributed by atoms with Crippen molar-refractivity contribution in [3.8, 4) is 0 Å². The molecule has 16 heavy (non-hydrogen) atoms. The van der Waals surface area contributed by atoms with Gasteiger partial charge in [0.1, 0.15) is 5.70 Å². The van der Waals surface area contributed by atoms with E-state index in [2.05, 4.69) is 5.32 Å². The maximum Gasteiger partial charge on any atom is 0.265 e. The van der Waals surface area contributed by atoms with Crippen molar-refractivity contribution in [2.45, 2.75) is 13.8 Å². The van der Waals surface area contributed by atoms with E-state index in [9.17, 15) is 9.59 Å². The third-order valence-electron chi connectivity index (χ3n) is 2.06. The summed E-state index contributed by atoms with van der Waals surface area (Å²) in [5.41, 5.74) is 7.12.